The quantitative estimate of drug-likeness (QED) is 0.638. The van der Waals surface area contributed by atoms with Gasteiger partial charge in [-0.3, -0.25) is 4.79 Å². The predicted octanol–water partition coefficient (Wildman–Crippen LogP) is 5.01. The molecule has 0 unspecified atom stereocenters. The maximum atomic E-state index is 12.7. The average Bonchev–Trinajstić information content (AvgIpc) is 3.16. The molecule has 0 spiro atoms. The number of aryl methyl sites for hydroxylation is 1. The number of hydrogen-bond acceptors (Lipinski definition) is 1. The standard InChI is InChI=1S/C24H25NO/c26-24(18-19-7-2-1-3-8-19)25-16-6-11-23(25)15-13-20-12-14-21-9-4-5-10-22(21)17-20/h1-5,7-10,12,14,17,23H,6,11,13,15-16,18H2/t23-/m1/s1. The Bertz CT molecular complexity index is 887. The van der Waals surface area contributed by atoms with E-state index < -0.39 is 0 Å². The van der Waals surface area contributed by atoms with E-state index in [0.29, 0.717) is 12.5 Å². The number of hydrogen-bond donors (Lipinski definition) is 0. The summed E-state index contributed by atoms with van der Waals surface area (Å²) in [6.07, 6.45) is 4.87. The summed E-state index contributed by atoms with van der Waals surface area (Å²) < 4.78 is 0. The van der Waals surface area contributed by atoms with Crippen LogP contribution < -0.4 is 0 Å². The van der Waals surface area contributed by atoms with E-state index in [2.05, 4.69) is 47.4 Å². The fraction of sp³-hybridized carbons (Fsp3) is 0.292. The third-order valence-electron chi connectivity index (χ3n) is 5.48. The molecule has 0 aliphatic carbocycles. The zero-order chi connectivity index (χ0) is 17.8. The summed E-state index contributed by atoms with van der Waals surface area (Å²) in [6.45, 7) is 0.911. The molecule has 1 fully saturated rings. The van der Waals surface area contributed by atoms with Crippen LogP contribution in [0, 0.1) is 0 Å². The molecule has 1 atom stereocenters. The number of rotatable bonds is 5. The summed E-state index contributed by atoms with van der Waals surface area (Å²) in [5, 5.41) is 2.59. The van der Waals surface area contributed by atoms with Crippen LogP contribution in [0.15, 0.2) is 72.8 Å². The van der Waals surface area contributed by atoms with E-state index in [1.807, 2.05) is 30.3 Å². The molecular weight excluding hydrogens is 318 g/mol. The van der Waals surface area contributed by atoms with Crippen LogP contribution >= 0.6 is 0 Å². The summed E-state index contributed by atoms with van der Waals surface area (Å²) in [5.41, 5.74) is 2.48. The minimum atomic E-state index is 0.275. The molecule has 0 bridgehead atoms. The number of fused-ring (bicyclic) bond motifs is 1. The molecule has 2 heteroatoms. The number of carbonyl (C=O) groups excluding carboxylic acids is 1. The van der Waals surface area contributed by atoms with Gasteiger partial charge in [0.2, 0.25) is 5.91 Å². The molecule has 1 saturated heterocycles. The van der Waals surface area contributed by atoms with Crippen molar-refractivity contribution in [3.8, 4) is 0 Å². The first-order chi connectivity index (χ1) is 12.8. The highest BCUT2D eigenvalue weighted by Gasteiger charge is 2.28. The largest absolute Gasteiger partial charge is 0.339 e. The molecule has 3 aromatic rings. The molecule has 3 aromatic carbocycles. The van der Waals surface area contributed by atoms with Crippen molar-refractivity contribution < 1.29 is 4.79 Å². The Kier molecular flexibility index (Phi) is 5.01. The average molecular weight is 343 g/mol. The second-order valence-corrected chi connectivity index (χ2v) is 7.27. The van der Waals surface area contributed by atoms with Crippen LogP contribution in [0.5, 0.6) is 0 Å². The van der Waals surface area contributed by atoms with Gasteiger partial charge in [0.05, 0.1) is 6.42 Å². The molecule has 0 saturated carbocycles. The van der Waals surface area contributed by atoms with Crippen LogP contribution in [0.1, 0.15) is 30.4 Å². The van der Waals surface area contributed by atoms with E-state index in [1.165, 1.54) is 16.3 Å². The first-order valence-electron chi connectivity index (χ1n) is 9.61. The molecule has 1 aliphatic heterocycles. The second kappa shape index (κ2) is 7.74. The van der Waals surface area contributed by atoms with Crippen molar-refractivity contribution in [2.45, 2.75) is 38.1 Å². The summed E-state index contributed by atoms with van der Waals surface area (Å²) in [4.78, 5) is 14.9. The second-order valence-electron chi connectivity index (χ2n) is 7.27. The molecule has 2 nitrogen and oxygen atoms in total. The third kappa shape index (κ3) is 3.80. The topological polar surface area (TPSA) is 20.3 Å². The lowest BCUT2D eigenvalue weighted by Crippen LogP contribution is -2.36. The Balaban J connectivity index is 1.39. The highest BCUT2D eigenvalue weighted by molar-refractivity contribution is 5.83. The van der Waals surface area contributed by atoms with Gasteiger partial charge in [-0.25, -0.2) is 0 Å². The summed E-state index contributed by atoms with van der Waals surface area (Å²) in [7, 11) is 0. The van der Waals surface area contributed by atoms with Gasteiger partial charge in [-0.15, -0.1) is 0 Å². The number of benzene rings is 3. The molecule has 1 amide bonds. The summed E-state index contributed by atoms with van der Waals surface area (Å²) in [5.74, 6) is 0.275. The van der Waals surface area contributed by atoms with E-state index in [4.69, 9.17) is 0 Å². The lowest BCUT2D eigenvalue weighted by atomic mass is 10.0. The van der Waals surface area contributed by atoms with Crippen LogP contribution in [0.2, 0.25) is 0 Å². The maximum absolute atomic E-state index is 12.7. The Morgan fingerprint density at radius 2 is 1.65 bits per heavy atom. The van der Waals surface area contributed by atoms with Crippen molar-refractivity contribution in [2.75, 3.05) is 6.54 Å². The van der Waals surface area contributed by atoms with Gasteiger partial charge >= 0.3 is 0 Å². The highest BCUT2D eigenvalue weighted by Crippen LogP contribution is 2.24. The van der Waals surface area contributed by atoms with Crippen LogP contribution in [0.4, 0.5) is 0 Å². The highest BCUT2D eigenvalue weighted by atomic mass is 16.2. The van der Waals surface area contributed by atoms with Gasteiger partial charge in [0.1, 0.15) is 0 Å². The zero-order valence-corrected chi connectivity index (χ0v) is 15.1. The van der Waals surface area contributed by atoms with Gasteiger partial charge in [0, 0.05) is 12.6 Å². The third-order valence-corrected chi connectivity index (χ3v) is 5.48. The normalized spacial score (nSPS) is 16.9. The number of likely N-dealkylation sites (tertiary alicyclic amines) is 1. The van der Waals surface area contributed by atoms with E-state index in [-0.39, 0.29) is 5.91 Å². The van der Waals surface area contributed by atoms with Crippen molar-refractivity contribution in [1.29, 1.82) is 0 Å². The maximum Gasteiger partial charge on any atom is 0.227 e. The van der Waals surface area contributed by atoms with Gasteiger partial charge in [-0.05, 0) is 47.6 Å². The minimum absolute atomic E-state index is 0.275. The van der Waals surface area contributed by atoms with Crippen LogP contribution in [0.3, 0.4) is 0 Å². The summed E-state index contributed by atoms with van der Waals surface area (Å²) in [6, 6.07) is 25.7. The first-order valence-corrected chi connectivity index (χ1v) is 9.61. The number of carbonyl (C=O) groups is 1. The smallest absolute Gasteiger partial charge is 0.227 e. The molecule has 4 rings (SSSR count). The molecule has 0 N–H and O–H groups in total. The van der Waals surface area contributed by atoms with E-state index >= 15 is 0 Å². The number of amides is 1. The fourth-order valence-electron chi connectivity index (χ4n) is 4.06. The first kappa shape index (κ1) is 16.8. The van der Waals surface area contributed by atoms with E-state index in [1.54, 1.807) is 0 Å². The van der Waals surface area contributed by atoms with Crippen LogP contribution in [-0.4, -0.2) is 23.4 Å². The van der Waals surface area contributed by atoms with Crippen molar-refractivity contribution in [2.24, 2.45) is 0 Å². The van der Waals surface area contributed by atoms with Crippen LogP contribution in [0.25, 0.3) is 10.8 Å². The Labute approximate surface area is 155 Å². The molecule has 26 heavy (non-hydrogen) atoms. The van der Waals surface area contributed by atoms with Crippen molar-refractivity contribution in [3.63, 3.8) is 0 Å². The fourth-order valence-corrected chi connectivity index (χ4v) is 4.06. The predicted molar refractivity (Wildman–Crippen MR) is 107 cm³/mol. The Morgan fingerprint density at radius 1 is 0.885 bits per heavy atom. The molecule has 1 aliphatic rings. The minimum Gasteiger partial charge on any atom is -0.339 e. The van der Waals surface area contributed by atoms with Gasteiger partial charge in [-0.2, -0.15) is 0 Å². The van der Waals surface area contributed by atoms with Gasteiger partial charge < -0.3 is 4.90 Å². The molecule has 0 radical (unpaired) electrons. The van der Waals surface area contributed by atoms with Crippen molar-refractivity contribution in [3.05, 3.63) is 83.9 Å². The van der Waals surface area contributed by atoms with E-state index in [9.17, 15) is 4.79 Å². The molecule has 0 aromatic heterocycles. The number of nitrogens with zero attached hydrogens (tertiary/aromatic N) is 1. The SMILES string of the molecule is O=C(Cc1ccccc1)N1CCC[C@@H]1CCc1ccc2ccccc2c1. The van der Waals surface area contributed by atoms with Crippen molar-refractivity contribution in [1.82, 2.24) is 4.90 Å². The Morgan fingerprint density at radius 3 is 2.50 bits per heavy atom. The summed E-state index contributed by atoms with van der Waals surface area (Å²) >= 11 is 0. The molecule has 1 heterocycles. The van der Waals surface area contributed by atoms with Crippen LogP contribution in [-0.2, 0) is 17.6 Å². The molecule has 132 valence electrons. The monoisotopic (exact) mass is 343 g/mol. The zero-order valence-electron chi connectivity index (χ0n) is 15.1. The molecular formula is C24H25NO. The Hall–Kier alpha value is -2.61. The van der Waals surface area contributed by atoms with Gasteiger partial charge in [0.15, 0.2) is 0 Å². The van der Waals surface area contributed by atoms with E-state index in [0.717, 1.165) is 37.8 Å². The van der Waals surface area contributed by atoms with Gasteiger partial charge in [-0.1, -0.05) is 72.8 Å². The van der Waals surface area contributed by atoms with Crippen molar-refractivity contribution >= 4 is 16.7 Å². The lowest BCUT2D eigenvalue weighted by molar-refractivity contribution is -0.131. The van der Waals surface area contributed by atoms with Gasteiger partial charge in [0.25, 0.3) is 0 Å². The lowest BCUT2D eigenvalue weighted by Gasteiger charge is -2.25.